The summed E-state index contributed by atoms with van der Waals surface area (Å²) in [4.78, 5) is 13.9. The second kappa shape index (κ2) is 7.22. The predicted molar refractivity (Wildman–Crippen MR) is 82.5 cm³/mol. The van der Waals surface area contributed by atoms with Crippen LogP contribution in [0.25, 0.3) is 0 Å². The third-order valence-corrected chi connectivity index (χ3v) is 4.29. The van der Waals surface area contributed by atoms with Crippen LogP contribution in [0.4, 0.5) is 4.39 Å². The predicted octanol–water partition coefficient (Wildman–Crippen LogP) is 2.55. The van der Waals surface area contributed by atoms with Crippen molar-refractivity contribution in [2.24, 2.45) is 11.7 Å². The van der Waals surface area contributed by atoms with E-state index in [1.54, 1.807) is 11.0 Å². The summed E-state index contributed by atoms with van der Waals surface area (Å²) in [7, 11) is 0. The molecule has 1 aromatic carbocycles. The highest BCUT2D eigenvalue weighted by molar-refractivity contribution is 9.10. The van der Waals surface area contributed by atoms with Crippen LogP contribution in [0.5, 0.6) is 5.75 Å². The molecule has 1 aliphatic heterocycles. The zero-order valence-corrected chi connectivity index (χ0v) is 13.6. The van der Waals surface area contributed by atoms with E-state index < -0.39 is 5.82 Å². The molecule has 0 aliphatic carbocycles. The molecular formula is C15H20BrFN2O2. The number of piperidine rings is 1. The zero-order valence-electron chi connectivity index (χ0n) is 12.0. The van der Waals surface area contributed by atoms with Crippen molar-refractivity contribution < 1.29 is 13.9 Å². The van der Waals surface area contributed by atoms with Gasteiger partial charge in [0.05, 0.1) is 0 Å². The zero-order chi connectivity index (χ0) is 15.4. The van der Waals surface area contributed by atoms with Gasteiger partial charge in [-0.2, -0.15) is 0 Å². The lowest BCUT2D eigenvalue weighted by atomic mass is 9.92. The number of amides is 1. The summed E-state index contributed by atoms with van der Waals surface area (Å²) in [6, 6.07) is 4.57. The molecular weight excluding hydrogens is 339 g/mol. The van der Waals surface area contributed by atoms with E-state index in [-0.39, 0.29) is 24.3 Å². The van der Waals surface area contributed by atoms with E-state index >= 15 is 0 Å². The normalized spacial score (nSPS) is 20.2. The van der Waals surface area contributed by atoms with Gasteiger partial charge in [-0.25, -0.2) is 4.39 Å². The minimum Gasteiger partial charge on any atom is -0.481 e. The van der Waals surface area contributed by atoms with Gasteiger partial charge in [0.25, 0.3) is 5.91 Å². The highest BCUT2D eigenvalue weighted by Crippen LogP contribution is 2.22. The Hall–Kier alpha value is -1.14. The number of carbonyl (C=O) groups is 1. The third kappa shape index (κ3) is 4.41. The molecule has 1 heterocycles. The average Bonchev–Trinajstić information content (AvgIpc) is 2.46. The molecule has 0 saturated carbocycles. The minimum atomic E-state index is -0.482. The van der Waals surface area contributed by atoms with Gasteiger partial charge in [0.15, 0.2) is 18.2 Å². The first-order valence-electron chi connectivity index (χ1n) is 7.08. The van der Waals surface area contributed by atoms with Crippen LogP contribution in [0.15, 0.2) is 22.7 Å². The van der Waals surface area contributed by atoms with Gasteiger partial charge < -0.3 is 15.4 Å². The number of carbonyl (C=O) groups excluding carboxylic acids is 1. The SMILES string of the molecule is C[C@@H](N)[C@@H]1CCCN(C(=O)COc2ccc(Br)cc2F)C1. The smallest absolute Gasteiger partial charge is 0.260 e. The van der Waals surface area contributed by atoms with Gasteiger partial charge in [0.1, 0.15) is 0 Å². The van der Waals surface area contributed by atoms with E-state index in [2.05, 4.69) is 15.9 Å². The van der Waals surface area contributed by atoms with Crippen molar-refractivity contribution in [3.63, 3.8) is 0 Å². The van der Waals surface area contributed by atoms with Crippen LogP contribution in [0.2, 0.25) is 0 Å². The second-order valence-electron chi connectivity index (χ2n) is 5.46. The number of nitrogens with zero attached hydrogens (tertiary/aromatic N) is 1. The maximum atomic E-state index is 13.6. The monoisotopic (exact) mass is 358 g/mol. The Bertz CT molecular complexity index is 510. The van der Waals surface area contributed by atoms with E-state index in [1.807, 2.05) is 6.92 Å². The van der Waals surface area contributed by atoms with Crippen LogP contribution in [-0.2, 0) is 4.79 Å². The lowest BCUT2D eigenvalue weighted by Crippen LogP contribution is -2.46. The van der Waals surface area contributed by atoms with Crippen LogP contribution in [0.3, 0.4) is 0 Å². The second-order valence-corrected chi connectivity index (χ2v) is 6.38. The fraction of sp³-hybridized carbons (Fsp3) is 0.533. The van der Waals surface area contributed by atoms with E-state index in [0.29, 0.717) is 23.5 Å². The topological polar surface area (TPSA) is 55.6 Å². The standard InChI is InChI=1S/C15H20BrFN2O2/c1-10(18)11-3-2-6-19(8-11)15(20)9-21-14-5-4-12(16)7-13(14)17/h4-5,7,10-11H,2-3,6,8-9,18H2,1H3/t10-,11-/m1/s1. The van der Waals surface area contributed by atoms with Crippen LogP contribution in [0, 0.1) is 11.7 Å². The molecule has 1 fully saturated rings. The van der Waals surface area contributed by atoms with Crippen molar-refractivity contribution in [1.29, 1.82) is 0 Å². The largest absolute Gasteiger partial charge is 0.481 e. The molecule has 0 radical (unpaired) electrons. The quantitative estimate of drug-likeness (QED) is 0.899. The Labute approximate surface area is 132 Å². The number of hydrogen-bond acceptors (Lipinski definition) is 3. The Morgan fingerprint density at radius 2 is 2.38 bits per heavy atom. The van der Waals surface area contributed by atoms with Crippen molar-refractivity contribution in [1.82, 2.24) is 4.90 Å². The van der Waals surface area contributed by atoms with Gasteiger partial charge in [-0.3, -0.25) is 4.79 Å². The summed E-state index contributed by atoms with van der Waals surface area (Å²) in [5.41, 5.74) is 5.91. The van der Waals surface area contributed by atoms with Gasteiger partial charge in [-0.05, 0) is 43.9 Å². The van der Waals surface area contributed by atoms with Crippen LogP contribution < -0.4 is 10.5 Å². The number of nitrogens with two attached hydrogens (primary N) is 1. The number of likely N-dealkylation sites (tertiary alicyclic amines) is 1. The summed E-state index contributed by atoms with van der Waals surface area (Å²) in [6.07, 6.45) is 1.99. The lowest BCUT2D eigenvalue weighted by molar-refractivity contribution is -0.135. The molecule has 2 rings (SSSR count). The first-order valence-corrected chi connectivity index (χ1v) is 7.88. The third-order valence-electron chi connectivity index (χ3n) is 3.80. The van der Waals surface area contributed by atoms with Crippen molar-refractivity contribution >= 4 is 21.8 Å². The van der Waals surface area contributed by atoms with Gasteiger partial charge in [-0.15, -0.1) is 0 Å². The summed E-state index contributed by atoms with van der Waals surface area (Å²) in [5, 5.41) is 0. The molecule has 2 N–H and O–H groups in total. The van der Waals surface area contributed by atoms with Crippen molar-refractivity contribution in [2.45, 2.75) is 25.8 Å². The van der Waals surface area contributed by atoms with E-state index in [4.69, 9.17) is 10.5 Å². The highest BCUT2D eigenvalue weighted by Gasteiger charge is 2.26. The number of halogens is 2. The number of hydrogen-bond donors (Lipinski definition) is 1. The fourth-order valence-corrected chi connectivity index (χ4v) is 2.82. The molecule has 1 saturated heterocycles. The van der Waals surface area contributed by atoms with Crippen LogP contribution in [-0.4, -0.2) is 36.5 Å². The van der Waals surface area contributed by atoms with E-state index in [9.17, 15) is 9.18 Å². The molecule has 0 aromatic heterocycles. The Morgan fingerprint density at radius 3 is 3.05 bits per heavy atom. The molecule has 4 nitrogen and oxygen atoms in total. The molecule has 116 valence electrons. The Balaban J connectivity index is 1.89. The molecule has 2 atom stereocenters. The molecule has 21 heavy (non-hydrogen) atoms. The van der Waals surface area contributed by atoms with Crippen LogP contribution in [0.1, 0.15) is 19.8 Å². The van der Waals surface area contributed by atoms with Gasteiger partial charge in [0.2, 0.25) is 0 Å². The Morgan fingerprint density at radius 1 is 1.62 bits per heavy atom. The molecule has 1 amide bonds. The average molecular weight is 359 g/mol. The summed E-state index contributed by atoms with van der Waals surface area (Å²) in [5.74, 6) is -0.189. The van der Waals surface area contributed by atoms with E-state index in [0.717, 1.165) is 12.8 Å². The number of ether oxygens (including phenoxy) is 1. The van der Waals surface area contributed by atoms with Crippen LogP contribution >= 0.6 is 15.9 Å². The first kappa shape index (κ1) is 16.2. The fourth-order valence-electron chi connectivity index (χ4n) is 2.49. The molecule has 6 heteroatoms. The van der Waals surface area contributed by atoms with Gasteiger partial charge >= 0.3 is 0 Å². The summed E-state index contributed by atoms with van der Waals surface area (Å²) in [6.45, 7) is 3.19. The maximum absolute atomic E-state index is 13.6. The molecule has 0 unspecified atom stereocenters. The molecule has 1 aromatic rings. The molecule has 0 bridgehead atoms. The summed E-state index contributed by atoms with van der Waals surface area (Å²) < 4.78 is 19.5. The van der Waals surface area contributed by atoms with Crippen molar-refractivity contribution in [3.05, 3.63) is 28.5 Å². The molecule has 1 aliphatic rings. The van der Waals surface area contributed by atoms with Crippen molar-refractivity contribution in [2.75, 3.05) is 19.7 Å². The van der Waals surface area contributed by atoms with E-state index in [1.165, 1.54) is 12.1 Å². The van der Waals surface area contributed by atoms with Gasteiger partial charge in [-0.1, -0.05) is 15.9 Å². The first-order chi connectivity index (χ1) is 9.97. The van der Waals surface area contributed by atoms with Crippen molar-refractivity contribution in [3.8, 4) is 5.75 Å². The molecule has 0 spiro atoms. The maximum Gasteiger partial charge on any atom is 0.260 e. The summed E-state index contributed by atoms with van der Waals surface area (Å²) >= 11 is 3.18. The van der Waals surface area contributed by atoms with Gasteiger partial charge in [0, 0.05) is 23.6 Å². The lowest BCUT2D eigenvalue weighted by Gasteiger charge is -2.34. The minimum absolute atomic E-state index is 0.0745. The highest BCUT2D eigenvalue weighted by atomic mass is 79.9. The Kier molecular flexibility index (Phi) is 5.58. The number of benzene rings is 1. The number of rotatable bonds is 4.